The molecule has 0 saturated carbocycles. The van der Waals surface area contributed by atoms with Crippen molar-refractivity contribution in [1.82, 2.24) is 10.2 Å². The molecule has 0 aliphatic heterocycles. The van der Waals surface area contributed by atoms with Crippen LogP contribution in [-0.2, 0) is 6.61 Å². The highest BCUT2D eigenvalue weighted by molar-refractivity contribution is 6.08. The van der Waals surface area contributed by atoms with Gasteiger partial charge in [0.2, 0.25) is 5.89 Å². The second-order valence-corrected chi connectivity index (χ2v) is 6.02. The Morgan fingerprint density at radius 3 is 2.18 bits per heavy atom. The van der Waals surface area contributed by atoms with Crippen molar-refractivity contribution in [3.05, 3.63) is 102 Å². The van der Waals surface area contributed by atoms with E-state index >= 15 is 0 Å². The second kappa shape index (κ2) is 7.84. The first-order chi connectivity index (χ1) is 13.7. The maximum absolute atomic E-state index is 13.0. The zero-order valence-corrected chi connectivity index (χ0v) is 14.7. The monoisotopic (exact) mass is 374 g/mol. The highest BCUT2D eigenvalue weighted by Crippen LogP contribution is 2.19. The molecule has 0 unspecified atom stereocenters. The number of aromatic nitrogens is 2. The van der Waals surface area contributed by atoms with Crippen LogP contribution in [0.15, 0.2) is 83.3 Å². The summed E-state index contributed by atoms with van der Waals surface area (Å²) >= 11 is 0. The third-order valence-electron chi connectivity index (χ3n) is 4.07. The normalized spacial score (nSPS) is 10.6. The highest BCUT2D eigenvalue weighted by Gasteiger charge is 2.11. The Hall–Kier alpha value is -3.80. The van der Waals surface area contributed by atoms with Crippen LogP contribution in [0.5, 0.6) is 5.75 Å². The van der Waals surface area contributed by atoms with Crippen LogP contribution in [0.25, 0.3) is 11.5 Å². The van der Waals surface area contributed by atoms with Crippen LogP contribution in [0.3, 0.4) is 0 Å². The van der Waals surface area contributed by atoms with Crippen molar-refractivity contribution < 1.29 is 18.3 Å². The molecule has 0 atom stereocenters. The minimum absolute atomic E-state index is 0.116. The zero-order chi connectivity index (χ0) is 19.3. The summed E-state index contributed by atoms with van der Waals surface area (Å²) in [7, 11) is 0. The van der Waals surface area contributed by atoms with E-state index in [4.69, 9.17) is 9.15 Å². The number of benzene rings is 3. The molecular weight excluding hydrogens is 359 g/mol. The fraction of sp³-hybridized carbons (Fsp3) is 0.0455. The summed E-state index contributed by atoms with van der Waals surface area (Å²) < 4.78 is 24.2. The summed E-state index contributed by atoms with van der Waals surface area (Å²) in [5.41, 5.74) is 1.75. The van der Waals surface area contributed by atoms with Gasteiger partial charge in [0.05, 0.1) is 0 Å². The third kappa shape index (κ3) is 3.96. The molecule has 1 aromatic heterocycles. The van der Waals surface area contributed by atoms with E-state index in [0.29, 0.717) is 28.7 Å². The number of rotatable bonds is 6. The third-order valence-corrected chi connectivity index (χ3v) is 4.07. The zero-order valence-electron chi connectivity index (χ0n) is 14.7. The van der Waals surface area contributed by atoms with E-state index in [1.54, 1.807) is 24.3 Å². The molecule has 6 heteroatoms. The van der Waals surface area contributed by atoms with Gasteiger partial charge in [-0.1, -0.05) is 18.2 Å². The van der Waals surface area contributed by atoms with Crippen molar-refractivity contribution in [3.63, 3.8) is 0 Å². The lowest BCUT2D eigenvalue weighted by atomic mass is 10.0. The molecule has 28 heavy (non-hydrogen) atoms. The van der Waals surface area contributed by atoms with Gasteiger partial charge < -0.3 is 9.15 Å². The van der Waals surface area contributed by atoms with Gasteiger partial charge in [0.15, 0.2) is 12.4 Å². The molecule has 0 spiro atoms. The predicted molar refractivity (Wildman–Crippen MR) is 100 cm³/mol. The first kappa shape index (κ1) is 17.6. The van der Waals surface area contributed by atoms with Gasteiger partial charge in [-0.2, -0.15) is 0 Å². The highest BCUT2D eigenvalue weighted by atomic mass is 19.1. The Morgan fingerprint density at radius 2 is 1.50 bits per heavy atom. The second-order valence-electron chi connectivity index (χ2n) is 6.02. The molecule has 3 aromatic carbocycles. The Balaban J connectivity index is 1.39. The fourth-order valence-electron chi connectivity index (χ4n) is 2.62. The van der Waals surface area contributed by atoms with Gasteiger partial charge in [-0.25, -0.2) is 4.39 Å². The summed E-state index contributed by atoms with van der Waals surface area (Å²) in [6, 6.07) is 21.6. The molecule has 4 rings (SSSR count). The topological polar surface area (TPSA) is 65.2 Å². The van der Waals surface area contributed by atoms with Gasteiger partial charge in [-0.15, -0.1) is 10.2 Å². The first-order valence-corrected chi connectivity index (χ1v) is 8.60. The Bertz CT molecular complexity index is 1070. The fourth-order valence-corrected chi connectivity index (χ4v) is 2.62. The van der Waals surface area contributed by atoms with E-state index in [-0.39, 0.29) is 18.2 Å². The number of nitrogens with zero attached hydrogens (tertiary/aromatic N) is 2. The lowest BCUT2D eigenvalue weighted by Crippen LogP contribution is -2.01. The van der Waals surface area contributed by atoms with Crippen LogP contribution >= 0.6 is 0 Å². The number of carbonyl (C=O) groups excluding carboxylic acids is 1. The average molecular weight is 374 g/mol. The van der Waals surface area contributed by atoms with Crippen molar-refractivity contribution >= 4 is 5.78 Å². The summed E-state index contributed by atoms with van der Waals surface area (Å²) in [5, 5.41) is 7.98. The summed E-state index contributed by atoms with van der Waals surface area (Å²) in [6.45, 7) is 0.116. The molecule has 0 N–H and O–H groups in total. The van der Waals surface area contributed by atoms with Gasteiger partial charge in [-0.05, 0) is 60.7 Å². The molecule has 0 saturated heterocycles. The average Bonchev–Trinajstić information content (AvgIpc) is 3.22. The van der Waals surface area contributed by atoms with E-state index in [0.717, 1.165) is 5.56 Å². The summed E-state index contributed by atoms with van der Waals surface area (Å²) in [4.78, 5) is 12.4. The maximum Gasteiger partial charge on any atom is 0.254 e. The number of hydrogen-bond acceptors (Lipinski definition) is 5. The molecular formula is C22H15FN2O3. The van der Waals surface area contributed by atoms with Crippen molar-refractivity contribution in [2.75, 3.05) is 0 Å². The van der Waals surface area contributed by atoms with Gasteiger partial charge in [0, 0.05) is 16.7 Å². The summed E-state index contributed by atoms with van der Waals surface area (Å²) in [5.74, 6) is 0.785. The number of hydrogen-bond donors (Lipinski definition) is 0. The van der Waals surface area contributed by atoms with Crippen molar-refractivity contribution in [1.29, 1.82) is 0 Å². The SMILES string of the molecule is O=C(c1ccc(F)cc1)c1ccc(OCc2nnc(-c3ccccc3)o2)cc1. The molecule has 1 heterocycles. The van der Waals surface area contributed by atoms with Gasteiger partial charge >= 0.3 is 0 Å². The van der Waals surface area contributed by atoms with Crippen molar-refractivity contribution in [2.24, 2.45) is 0 Å². The van der Waals surface area contributed by atoms with Gasteiger partial charge in [0.1, 0.15) is 11.6 Å². The van der Waals surface area contributed by atoms with Crippen molar-refractivity contribution in [2.45, 2.75) is 6.61 Å². The number of carbonyl (C=O) groups is 1. The summed E-state index contributed by atoms with van der Waals surface area (Å²) in [6.07, 6.45) is 0. The predicted octanol–water partition coefficient (Wildman–Crippen LogP) is 4.69. The molecule has 0 amide bonds. The number of ketones is 1. The molecule has 0 fully saturated rings. The van der Waals surface area contributed by atoms with E-state index in [1.807, 2.05) is 30.3 Å². The molecule has 0 aliphatic rings. The van der Waals surface area contributed by atoms with E-state index in [2.05, 4.69) is 10.2 Å². The number of ether oxygens (including phenoxy) is 1. The van der Waals surface area contributed by atoms with Crippen LogP contribution in [-0.4, -0.2) is 16.0 Å². The molecule has 0 radical (unpaired) electrons. The first-order valence-electron chi connectivity index (χ1n) is 8.60. The van der Waals surface area contributed by atoms with Crippen LogP contribution in [0.4, 0.5) is 4.39 Å². The minimum atomic E-state index is -0.378. The standard InChI is InChI=1S/C22H15FN2O3/c23-18-10-6-15(7-11-18)21(26)16-8-12-19(13-9-16)27-14-20-24-25-22(28-20)17-4-2-1-3-5-17/h1-13H,14H2. The molecule has 4 aromatic rings. The minimum Gasteiger partial charge on any atom is -0.484 e. The molecule has 0 bridgehead atoms. The molecule has 5 nitrogen and oxygen atoms in total. The smallest absolute Gasteiger partial charge is 0.254 e. The Labute approximate surface area is 160 Å². The van der Waals surface area contributed by atoms with E-state index in [9.17, 15) is 9.18 Å². The van der Waals surface area contributed by atoms with E-state index in [1.165, 1.54) is 24.3 Å². The van der Waals surface area contributed by atoms with Crippen LogP contribution in [0, 0.1) is 5.82 Å². The lowest BCUT2D eigenvalue weighted by molar-refractivity contribution is 0.103. The Morgan fingerprint density at radius 1 is 0.857 bits per heavy atom. The molecule has 138 valence electrons. The number of halogens is 1. The largest absolute Gasteiger partial charge is 0.484 e. The van der Waals surface area contributed by atoms with Crippen molar-refractivity contribution in [3.8, 4) is 17.2 Å². The molecule has 0 aliphatic carbocycles. The Kier molecular flexibility index (Phi) is 4.93. The lowest BCUT2D eigenvalue weighted by Gasteiger charge is -2.05. The van der Waals surface area contributed by atoms with E-state index < -0.39 is 0 Å². The van der Waals surface area contributed by atoms with Crippen LogP contribution < -0.4 is 4.74 Å². The van der Waals surface area contributed by atoms with Gasteiger partial charge in [-0.3, -0.25) is 4.79 Å². The van der Waals surface area contributed by atoms with Crippen LogP contribution in [0.2, 0.25) is 0 Å². The van der Waals surface area contributed by atoms with Gasteiger partial charge in [0.25, 0.3) is 5.89 Å². The quantitative estimate of drug-likeness (QED) is 0.458. The van der Waals surface area contributed by atoms with Crippen LogP contribution in [0.1, 0.15) is 21.8 Å². The maximum atomic E-state index is 13.0.